The highest BCUT2D eigenvalue weighted by Crippen LogP contribution is 2.16. The molecule has 0 bridgehead atoms. The van der Waals surface area contributed by atoms with Crippen molar-refractivity contribution in [3.8, 4) is 0 Å². The average molecular weight is 287 g/mol. The predicted octanol–water partition coefficient (Wildman–Crippen LogP) is 1.24. The largest absolute Gasteiger partial charge is 0.330 e. The Kier molecular flexibility index (Phi) is 4.43. The summed E-state index contributed by atoms with van der Waals surface area (Å²) in [7, 11) is 3.15. The molecule has 2 aromatic rings. The Balaban J connectivity index is 2.20. The van der Waals surface area contributed by atoms with Crippen LogP contribution in [0.3, 0.4) is 0 Å². The van der Waals surface area contributed by atoms with Crippen molar-refractivity contribution in [2.45, 2.75) is 26.4 Å². The third-order valence-corrected chi connectivity index (χ3v) is 3.77. The van der Waals surface area contributed by atoms with Gasteiger partial charge in [-0.05, 0) is 25.0 Å². The monoisotopic (exact) mass is 287 g/mol. The van der Waals surface area contributed by atoms with Crippen molar-refractivity contribution in [1.82, 2.24) is 14.5 Å². The molecule has 0 amide bonds. The van der Waals surface area contributed by atoms with E-state index >= 15 is 0 Å². The number of rotatable bonds is 4. The summed E-state index contributed by atoms with van der Waals surface area (Å²) in [6.07, 6.45) is 1.60. The van der Waals surface area contributed by atoms with Crippen molar-refractivity contribution >= 4 is 0 Å². The minimum atomic E-state index is -0.310. The molecule has 1 aromatic heterocycles. The van der Waals surface area contributed by atoms with Gasteiger partial charge in [-0.25, -0.2) is 4.79 Å². The first-order valence-corrected chi connectivity index (χ1v) is 6.96. The van der Waals surface area contributed by atoms with Crippen molar-refractivity contribution in [2.24, 2.45) is 14.1 Å². The zero-order chi connectivity index (χ0) is 15.6. The molecular weight excluding hydrogens is 266 g/mol. The van der Waals surface area contributed by atoms with Crippen molar-refractivity contribution in [3.05, 3.63) is 68.0 Å². The van der Waals surface area contributed by atoms with Gasteiger partial charge in [0.05, 0.1) is 0 Å². The lowest BCUT2D eigenvalue weighted by molar-refractivity contribution is 0.557. The molecule has 0 saturated carbocycles. The van der Waals surface area contributed by atoms with Crippen LogP contribution in [-0.4, -0.2) is 9.13 Å². The molecule has 21 heavy (non-hydrogen) atoms. The average Bonchev–Trinajstić information content (AvgIpc) is 2.47. The molecule has 0 fully saturated rings. The summed E-state index contributed by atoms with van der Waals surface area (Å²) < 4.78 is 2.56. The molecule has 2 rings (SSSR count). The lowest BCUT2D eigenvalue weighted by Gasteiger charge is -2.16. The van der Waals surface area contributed by atoms with E-state index < -0.39 is 0 Å². The highest BCUT2D eigenvalue weighted by molar-refractivity contribution is 5.28. The predicted molar refractivity (Wildman–Crippen MR) is 83.4 cm³/mol. The first kappa shape index (κ1) is 15.3. The Labute approximate surface area is 123 Å². The fourth-order valence-electron chi connectivity index (χ4n) is 2.45. The summed E-state index contributed by atoms with van der Waals surface area (Å²) in [5.41, 5.74) is 2.45. The van der Waals surface area contributed by atoms with Crippen LogP contribution >= 0.6 is 0 Å². The second-order valence-electron chi connectivity index (χ2n) is 5.37. The van der Waals surface area contributed by atoms with Crippen LogP contribution in [0.25, 0.3) is 0 Å². The Morgan fingerprint density at radius 2 is 1.86 bits per heavy atom. The fourth-order valence-corrected chi connectivity index (χ4v) is 2.45. The Morgan fingerprint density at radius 3 is 2.52 bits per heavy atom. The van der Waals surface area contributed by atoms with E-state index in [1.807, 2.05) is 12.1 Å². The van der Waals surface area contributed by atoms with Crippen LogP contribution in [0.1, 0.15) is 29.7 Å². The molecule has 1 heterocycles. The smallest absolute Gasteiger partial charge is 0.306 e. The molecule has 1 unspecified atom stereocenters. The van der Waals surface area contributed by atoms with Crippen LogP contribution in [0.2, 0.25) is 0 Å². The van der Waals surface area contributed by atoms with Gasteiger partial charge in [0.15, 0.2) is 0 Å². The Bertz CT molecular complexity index is 759. The van der Waals surface area contributed by atoms with Gasteiger partial charge >= 0.3 is 5.69 Å². The van der Waals surface area contributed by atoms with Crippen molar-refractivity contribution in [2.75, 3.05) is 0 Å². The summed E-state index contributed by atoms with van der Waals surface area (Å²) in [6.45, 7) is 4.56. The van der Waals surface area contributed by atoms with E-state index in [1.165, 1.54) is 22.7 Å². The third-order valence-electron chi connectivity index (χ3n) is 3.77. The Hall–Kier alpha value is -2.14. The zero-order valence-corrected chi connectivity index (χ0v) is 12.9. The van der Waals surface area contributed by atoms with Crippen LogP contribution in [0.4, 0.5) is 0 Å². The number of nitrogens with one attached hydrogen (secondary N) is 1. The summed E-state index contributed by atoms with van der Waals surface area (Å²) in [5.74, 6) is 0. The topological polar surface area (TPSA) is 56.0 Å². The first-order valence-electron chi connectivity index (χ1n) is 6.96. The summed E-state index contributed by atoms with van der Waals surface area (Å²) in [4.78, 5) is 23.7. The van der Waals surface area contributed by atoms with Crippen LogP contribution in [0, 0.1) is 6.92 Å². The Morgan fingerprint density at radius 1 is 1.19 bits per heavy atom. The maximum absolute atomic E-state index is 12.1. The van der Waals surface area contributed by atoms with Gasteiger partial charge in [-0.2, -0.15) is 0 Å². The fraction of sp³-hybridized carbons (Fsp3) is 0.375. The van der Waals surface area contributed by atoms with Gasteiger partial charge in [-0.3, -0.25) is 9.36 Å². The molecule has 0 radical (unpaired) electrons. The quantitative estimate of drug-likeness (QED) is 0.920. The SMILES string of the molecule is Cc1ccccc1C(C)NCc1cn(C)c(=O)n(C)c1=O. The van der Waals surface area contributed by atoms with Crippen molar-refractivity contribution in [3.63, 3.8) is 0 Å². The normalized spacial score (nSPS) is 12.4. The molecule has 112 valence electrons. The molecule has 0 aliphatic carbocycles. The van der Waals surface area contributed by atoms with Gasteiger partial charge < -0.3 is 9.88 Å². The number of aromatic nitrogens is 2. The van der Waals surface area contributed by atoms with Gasteiger partial charge in [-0.15, -0.1) is 0 Å². The molecule has 0 aliphatic heterocycles. The van der Waals surface area contributed by atoms with E-state index in [0.29, 0.717) is 12.1 Å². The summed E-state index contributed by atoms with van der Waals surface area (Å²) in [6, 6.07) is 8.29. The highest BCUT2D eigenvalue weighted by Gasteiger charge is 2.10. The molecule has 1 atom stereocenters. The van der Waals surface area contributed by atoms with Gasteiger partial charge in [0.1, 0.15) is 0 Å². The second-order valence-corrected chi connectivity index (χ2v) is 5.37. The van der Waals surface area contributed by atoms with E-state index in [1.54, 1.807) is 13.2 Å². The summed E-state index contributed by atoms with van der Waals surface area (Å²) in [5, 5.41) is 3.34. The van der Waals surface area contributed by atoms with Gasteiger partial charge in [-0.1, -0.05) is 24.3 Å². The van der Waals surface area contributed by atoms with Gasteiger partial charge in [0.25, 0.3) is 5.56 Å². The first-order chi connectivity index (χ1) is 9.91. The molecule has 1 aromatic carbocycles. The van der Waals surface area contributed by atoms with Gasteiger partial charge in [0, 0.05) is 38.4 Å². The molecule has 0 saturated heterocycles. The molecule has 0 spiro atoms. The zero-order valence-electron chi connectivity index (χ0n) is 12.9. The molecule has 5 nitrogen and oxygen atoms in total. The minimum Gasteiger partial charge on any atom is -0.306 e. The molecule has 5 heteroatoms. The molecule has 1 N–H and O–H groups in total. The van der Waals surface area contributed by atoms with E-state index in [4.69, 9.17) is 0 Å². The number of nitrogens with zero attached hydrogens (tertiary/aromatic N) is 2. The van der Waals surface area contributed by atoms with Crippen molar-refractivity contribution in [1.29, 1.82) is 0 Å². The van der Waals surface area contributed by atoms with Crippen LogP contribution in [-0.2, 0) is 20.6 Å². The maximum Gasteiger partial charge on any atom is 0.330 e. The maximum atomic E-state index is 12.1. The second kappa shape index (κ2) is 6.10. The van der Waals surface area contributed by atoms with Gasteiger partial charge in [0.2, 0.25) is 0 Å². The van der Waals surface area contributed by atoms with Crippen LogP contribution < -0.4 is 16.6 Å². The molecular formula is C16H21N3O2. The summed E-state index contributed by atoms with van der Waals surface area (Å²) >= 11 is 0. The minimum absolute atomic E-state index is 0.133. The number of hydrogen-bond acceptors (Lipinski definition) is 3. The van der Waals surface area contributed by atoms with E-state index in [0.717, 1.165) is 4.57 Å². The van der Waals surface area contributed by atoms with Crippen LogP contribution in [0.5, 0.6) is 0 Å². The van der Waals surface area contributed by atoms with Crippen LogP contribution in [0.15, 0.2) is 40.1 Å². The third kappa shape index (κ3) is 3.13. The standard InChI is InChI=1S/C16H21N3O2/c1-11-7-5-6-8-14(11)12(2)17-9-13-10-18(3)16(21)19(4)15(13)20/h5-8,10,12,17H,9H2,1-4H3. The number of hydrogen-bond donors (Lipinski definition) is 1. The number of aryl methyl sites for hydroxylation is 2. The molecule has 0 aliphatic rings. The van der Waals surface area contributed by atoms with E-state index in [2.05, 4.69) is 31.3 Å². The number of benzene rings is 1. The van der Waals surface area contributed by atoms with E-state index in [-0.39, 0.29) is 17.3 Å². The van der Waals surface area contributed by atoms with Crippen molar-refractivity contribution < 1.29 is 0 Å². The lowest BCUT2D eigenvalue weighted by atomic mass is 10.0. The van der Waals surface area contributed by atoms with E-state index in [9.17, 15) is 9.59 Å². The lowest BCUT2D eigenvalue weighted by Crippen LogP contribution is -2.39. The highest BCUT2D eigenvalue weighted by atomic mass is 16.2.